The van der Waals surface area contributed by atoms with Gasteiger partial charge in [-0.3, -0.25) is 4.79 Å². The van der Waals surface area contributed by atoms with E-state index >= 15 is 0 Å². The first-order valence-corrected chi connectivity index (χ1v) is 8.34. The molecule has 5 nitrogen and oxygen atoms in total. The van der Waals surface area contributed by atoms with E-state index in [-0.39, 0.29) is 12.0 Å². The second kappa shape index (κ2) is 7.42. The molecule has 0 saturated heterocycles. The maximum Gasteiger partial charge on any atom is 0.280 e. The molecule has 0 aliphatic rings. The van der Waals surface area contributed by atoms with Crippen molar-refractivity contribution in [2.45, 2.75) is 6.10 Å². The Kier molecular flexibility index (Phi) is 5.08. The van der Waals surface area contributed by atoms with E-state index in [0.717, 1.165) is 21.5 Å². The van der Waals surface area contributed by atoms with E-state index in [4.69, 9.17) is 9.47 Å². The molecule has 3 aromatic rings. The molecule has 0 aliphatic heterocycles. The van der Waals surface area contributed by atoms with Crippen LogP contribution in [0.2, 0.25) is 0 Å². The van der Waals surface area contributed by atoms with Crippen LogP contribution in [0.1, 0.15) is 21.5 Å². The predicted octanol–water partition coefficient (Wildman–Crippen LogP) is 3.42. The third kappa shape index (κ3) is 3.39. The fourth-order valence-electron chi connectivity index (χ4n) is 2.48. The van der Waals surface area contributed by atoms with Crippen LogP contribution >= 0.6 is 11.3 Å². The predicted molar refractivity (Wildman–Crippen MR) is 94.7 cm³/mol. The Bertz CT molecular complexity index is 814. The third-order valence-corrected chi connectivity index (χ3v) is 4.74. The Hall–Kier alpha value is -2.44. The van der Waals surface area contributed by atoms with Crippen LogP contribution in [-0.2, 0) is 4.74 Å². The number of amides is 1. The van der Waals surface area contributed by atoms with E-state index < -0.39 is 0 Å². The van der Waals surface area contributed by atoms with E-state index in [2.05, 4.69) is 10.3 Å². The van der Waals surface area contributed by atoms with E-state index in [9.17, 15) is 4.79 Å². The summed E-state index contributed by atoms with van der Waals surface area (Å²) in [5.41, 5.74) is 1.73. The lowest BCUT2D eigenvalue weighted by Gasteiger charge is -2.18. The molecular formula is C18H18N2O3S. The standard InChI is InChI=1S/C18H18N2O3S/c1-22-14-9-5-3-7-12(14)15(23-2)11-19-17(21)18-20-13-8-4-6-10-16(13)24-18/h3-10,15H,11H2,1-2H3,(H,19,21)/t15-/m0/s1. The van der Waals surface area contributed by atoms with Crippen molar-refractivity contribution in [2.24, 2.45) is 0 Å². The van der Waals surface area contributed by atoms with Crippen molar-refractivity contribution in [3.05, 3.63) is 59.1 Å². The Labute approximate surface area is 144 Å². The minimum absolute atomic E-state index is 0.201. The summed E-state index contributed by atoms with van der Waals surface area (Å²) in [5.74, 6) is 0.534. The van der Waals surface area contributed by atoms with Crippen LogP contribution in [0.15, 0.2) is 48.5 Å². The maximum absolute atomic E-state index is 12.4. The highest BCUT2D eigenvalue weighted by Crippen LogP contribution is 2.27. The lowest BCUT2D eigenvalue weighted by molar-refractivity contribution is 0.0819. The van der Waals surface area contributed by atoms with E-state index in [0.29, 0.717) is 11.6 Å². The van der Waals surface area contributed by atoms with Gasteiger partial charge in [-0.1, -0.05) is 30.3 Å². The highest BCUT2D eigenvalue weighted by atomic mass is 32.1. The molecule has 0 unspecified atom stereocenters. The lowest BCUT2D eigenvalue weighted by Crippen LogP contribution is -2.29. The molecule has 24 heavy (non-hydrogen) atoms. The first-order valence-electron chi connectivity index (χ1n) is 7.52. The Morgan fingerprint density at radius 2 is 1.92 bits per heavy atom. The maximum atomic E-state index is 12.4. The van der Waals surface area contributed by atoms with Crippen molar-refractivity contribution in [3.63, 3.8) is 0 Å². The van der Waals surface area contributed by atoms with Gasteiger partial charge in [0.2, 0.25) is 0 Å². The van der Waals surface area contributed by atoms with E-state index in [1.165, 1.54) is 11.3 Å². The Morgan fingerprint density at radius 1 is 1.17 bits per heavy atom. The molecule has 1 heterocycles. The second-order valence-electron chi connectivity index (χ2n) is 5.16. The normalized spacial score (nSPS) is 12.1. The zero-order chi connectivity index (χ0) is 16.9. The average molecular weight is 342 g/mol. The highest BCUT2D eigenvalue weighted by Gasteiger charge is 2.18. The molecule has 6 heteroatoms. The molecule has 0 spiro atoms. The summed E-state index contributed by atoms with van der Waals surface area (Å²) in [6.45, 7) is 0.339. The molecular weight excluding hydrogens is 324 g/mol. The van der Waals surface area contributed by atoms with Crippen molar-refractivity contribution in [1.29, 1.82) is 0 Å². The van der Waals surface area contributed by atoms with Crippen molar-refractivity contribution in [3.8, 4) is 5.75 Å². The molecule has 1 N–H and O–H groups in total. The van der Waals surface area contributed by atoms with Gasteiger partial charge in [-0.05, 0) is 18.2 Å². The number of para-hydroxylation sites is 2. The number of benzene rings is 2. The van der Waals surface area contributed by atoms with Crippen LogP contribution in [0, 0.1) is 0 Å². The number of carbonyl (C=O) groups is 1. The number of hydrogen-bond donors (Lipinski definition) is 1. The number of nitrogens with one attached hydrogen (secondary N) is 1. The van der Waals surface area contributed by atoms with Crippen molar-refractivity contribution >= 4 is 27.5 Å². The van der Waals surface area contributed by atoms with Crippen LogP contribution in [0.5, 0.6) is 5.75 Å². The van der Waals surface area contributed by atoms with Gasteiger partial charge in [0.1, 0.15) is 11.9 Å². The number of rotatable bonds is 6. The highest BCUT2D eigenvalue weighted by molar-refractivity contribution is 7.20. The van der Waals surface area contributed by atoms with Crippen LogP contribution in [0.4, 0.5) is 0 Å². The first kappa shape index (κ1) is 16.4. The molecule has 0 aliphatic carbocycles. The fraction of sp³-hybridized carbons (Fsp3) is 0.222. The molecule has 1 amide bonds. The fourth-order valence-corrected chi connectivity index (χ4v) is 3.37. The number of thiazole rings is 1. The number of ether oxygens (including phenoxy) is 2. The number of nitrogens with zero attached hydrogens (tertiary/aromatic N) is 1. The third-order valence-electron chi connectivity index (χ3n) is 3.71. The van der Waals surface area contributed by atoms with Gasteiger partial charge in [0.25, 0.3) is 5.91 Å². The Morgan fingerprint density at radius 3 is 2.67 bits per heavy atom. The topological polar surface area (TPSA) is 60.5 Å². The van der Waals surface area contributed by atoms with Crippen molar-refractivity contribution in [1.82, 2.24) is 10.3 Å². The summed E-state index contributed by atoms with van der Waals surface area (Å²) >= 11 is 1.38. The van der Waals surface area contributed by atoms with E-state index in [1.54, 1.807) is 14.2 Å². The van der Waals surface area contributed by atoms with Crippen LogP contribution in [0.25, 0.3) is 10.2 Å². The van der Waals surface area contributed by atoms with Gasteiger partial charge >= 0.3 is 0 Å². The number of aromatic nitrogens is 1. The minimum atomic E-state index is -0.292. The van der Waals surface area contributed by atoms with Gasteiger partial charge in [0.15, 0.2) is 5.01 Å². The van der Waals surface area contributed by atoms with Crippen LogP contribution in [0.3, 0.4) is 0 Å². The zero-order valence-corrected chi connectivity index (χ0v) is 14.3. The van der Waals surface area contributed by atoms with Gasteiger partial charge < -0.3 is 14.8 Å². The smallest absolute Gasteiger partial charge is 0.280 e. The number of carbonyl (C=O) groups excluding carboxylic acids is 1. The molecule has 0 fully saturated rings. The first-order chi connectivity index (χ1) is 11.7. The number of fused-ring (bicyclic) bond motifs is 1. The molecule has 0 saturated carbocycles. The molecule has 3 rings (SSSR count). The van der Waals surface area contributed by atoms with Crippen LogP contribution < -0.4 is 10.1 Å². The van der Waals surface area contributed by atoms with Crippen LogP contribution in [-0.4, -0.2) is 31.7 Å². The largest absolute Gasteiger partial charge is 0.496 e. The molecule has 124 valence electrons. The average Bonchev–Trinajstić information content (AvgIpc) is 3.06. The molecule has 1 aromatic heterocycles. The number of hydrogen-bond acceptors (Lipinski definition) is 5. The summed E-state index contributed by atoms with van der Waals surface area (Å²) in [6, 6.07) is 15.3. The second-order valence-corrected chi connectivity index (χ2v) is 6.19. The molecule has 2 aromatic carbocycles. The number of methoxy groups -OCH3 is 2. The minimum Gasteiger partial charge on any atom is -0.496 e. The zero-order valence-electron chi connectivity index (χ0n) is 13.5. The van der Waals surface area contributed by atoms with Gasteiger partial charge in [0.05, 0.1) is 17.3 Å². The summed E-state index contributed by atoms with van der Waals surface area (Å²) < 4.78 is 11.9. The lowest BCUT2D eigenvalue weighted by atomic mass is 10.1. The van der Waals surface area contributed by atoms with Gasteiger partial charge in [0, 0.05) is 19.2 Å². The van der Waals surface area contributed by atoms with Gasteiger partial charge in [-0.25, -0.2) is 4.98 Å². The van der Waals surface area contributed by atoms with E-state index in [1.807, 2.05) is 48.5 Å². The van der Waals surface area contributed by atoms with Gasteiger partial charge in [-0.15, -0.1) is 11.3 Å². The quantitative estimate of drug-likeness (QED) is 0.746. The summed E-state index contributed by atoms with van der Waals surface area (Å²) in [6.07, 6.45) is -0.292. The van der Waals surface area contributed by atoms with Crippen molar-refractivity contribution in [2.75, 3.05) is 20.8 Å². The summed E-state index contributed by atoms with van der Waals surface area (Å²) in [7, 11) is 3.23. The molecule has 0 bridgehead atoms. The van der Waals surface area contributed by atoms with Gasteiger partial charge in [-0.2, -0.15) is 0 Å². The SMILES string of the molecule is COc1ccccc1[C@H](CNC(=O)c1nc2ccccc2s1)OC. The Balaban J connectivity index is 1.72. The monoisotopic (exact) mass is 342 g/mol. The summed E-state index contributed by atoms with van der Waals surface area (Å²) in [5, 5.41) is 3.34. The summed E-state index contributed by atoms with van der Waals surface area (Å²) in [4.78, 5) is 16.7. The van der Waals surface area contributed by atoms with Crippen molar-refractivity contribution < 1.29 is 14.3 Å². The molecule has 1 atom stereocenters. The molecule has 0 radical (unpaired) electrons.